The molecule has 0 radical (unpaired) electrons. The minimum Gasteiger partial charge on any atom is -0.325 e. The van der Waals surface area contributed by atoms with Crippen molar-refractivity contribution in [3.05, 3.63) is 24.3 Å². The fourth-order valence-electron chi connectivity index (χ4n) is 1.29. The number of nitrogens with one attached hydrogen (secondary N) is 3. The number of anilines is 2. The van der Waals surface area contributed by atoms with Gasteiger partial charge in [0.2, 0.25) is 11.8 Å². The Kier molecular flexibility index (Phi) is 6.83. The van der Waals surface area contributed by atoms with Gasteiger partial charge in [-0.05, 0) is 32.0 Å². The maximum Gasteiger partial charge on any atom is 0.325 e. The summed E-state index contributed by atoms with van der Waals surface area (Å²) in [6, 6.07) is 5.98. The summed E-state index contributed by atoms with van der Waals surface area (Å²) in [6.45, 7) is 3.32. The van der Waals surface area contributed by atoms with Crippen LogP contribution in [0.15, 0.2) is 24.3 Å². The lowest BCUT2D eigenvalue weighted by Gasteiger charge is -2.10. The first-order chi connectivity index (χ1) is 9.79. The van der Waals surface area contributed by atoms with Crippen molar-refractivity contribution in [3.63, 3.8) is 0 Å². The Bertz CT molecular complexity index is 547. The van der Waals surface area contributed by atoms with Crippen molar-refractivity contribution in [1.82, 2.24) is 5.32 Å². The van der Waals surface area contributed by atoms with Crippen molar-refractivity contribution in [2.24, 2.45) is 0 Å². The van der Waals surface area contributed by atoms with E-state index in [0.717, 1.165) is 0 Å². The number of alkyl halides is 2. The number of carbonyl (C=O) groups excluding carboxylic acids is 3. The molecule has 2 atom stereocenters. The number of rotatable bonds is 4. The van der Waals surface area contributed by atoms with E-state index < -0.39 is 16.8 Å². The monoisotopic (exact) mass is 419 g/mol. The second-order valence-electron chi connectivity index (χ2n) is 4.25. The van der Waals surface area contributed by atoms with E-state index in [1.165, 1.54) is 0 Å². The molecule has 0 saturated heterocycles. The summed E-state index contributed by atoms with van der Waals surface area (Å²) < 4.78 is 0. The molecule has 8 heteroatoms. The second kappa shape index (κ2) is 8.14. The Hall–Kier alpha value is -1.41. The third-order valence-electron chi connectivity index (χ3n) is 2.35. The highest BCUT2D eigenvalue weighted by Gasteiger charge is 2.13. The Morgan fingerprint density at radius 3 is 2.00 bits per heavy atom. The fourth-order valence-corrected chi connectivity index (χ4v) is 1.52. The van der Waals surface area contributed by atoms with Crippen molar-refractivity contribution in [1.29, 1.82) is 0 Å². The van der Waals surface area contributed by atoms with E-state index in [2.05, 4.69) is 47.8 Å². The molecule has 1 aromatic rings. The average Bonchev–Trinajstić information content (AvgIpc) is 2.38. The maximum absolute atomic E-state index is 11.6. The van der Waals surface area contributed by atoms with Gasteiger partial charge in [0.05, 0.1) is 9.65 Å². The molecule has 3 N–H and O–H groups in total. The zero-order chi connectivity index (χ0) is 16.0. The number of imide groups is 1. The molecule has 114 valence electrons. The molecule has 0 aliphatic rings. The first-order valence-corrected chi connectivity index (χ1v) is 7.93. The molecule has 2 unspecified atom stereocenters. The van der Waals surface area contributed by atoms with Crippen molar-refractivity contribution in [2.45, 2.75) is 23.5 Å². The third kappa shape index (κ3) is 6.26. The number of benzene rings is 1. The number of urea groups is 1. The molecular formula is C13H15Br2N3O3. The summed E-state index contributed by atoms with van der Waals surface area (Å²) in [6.07, 6.45) is 0. The van der Waals surface area contributed by atoms with E-state index in [1.807, 2.05) is 0 Å². The van der Waals surface area contributed by atoms with Crippen LogP contribution in [-0.4, -0.2) is 27.5 Å². The molecular weight excluding hydrogens is 406 g/mol. The molecule has 0 saturated carbocycles. The summed E-state index contributed by atoms with van der Waals surface area (Å²) in [7, 11) is 0. The predicted molar refractivity (Wildman–Crippen MR) is 89.0 cm³/mol. The van der Waals surface area contributed by atoms with Crippen LogP contribution in [0.3, 0.4) is 0 Å². The number of hydrogen-bond acceptors (Lipinski definition) is 3. The lowest BCUT2D eigenvalue weighted by Crippen LogP contribution is -2.37. The Morgan fingerprint density at radius 1 is 0.952 bits per heavy atom. The topological polar surface area (TPSA) is 87.3 Å². The van der Waals surface area contributed by atoms with E-state index in [1.54, 1.807) is 38.1 Å². The van der Waals surface area contributed by atoms with Crippen LogP contribution in [-0.2, 0) is 9.59 Å². The van der Waals surface area contributed by atoms with E-state index in [9.17, 15) is 14.4 Å². The first kappa shape index (κ1) is 17.6. The minimum absolute atomic E-state index is 0.195. The van der Waals surface area contributed by atoms with Gasteiger partial charge in [0, 0.05) is 11.4 Å². The zero-order valence-corrected chi connectivity index (χ0v) is 14.6. The summed E-state index contributed by atoms with van der Waals surface area (Å²) in [5, 5.41) is 7.37. The van der Waals surface area contributed by atoms with E-state index >= 15 is 0 Å². The van der Waals surface area contributed by atoms with Gasteiger partial charge in [0.15, 0.2) is 0 Å². The number of amides is 4. The summed E-state index contributed by atoms with van der Waals surface area (Å²) in [5.41, 5.74) is 1.01. The quantitative estimate of drug-likeness (QED) is 0.654. The SMILES string of the molecule is CC(Br)C(=O)NC(=O)Nc1cccc(NC(=O)C(C)Br)c1. The van der Waals surface area contributed by atoms with Crippen LogP contribution in [0.4, 0.5) is 16.2 Å². The van der Waals surface area contributed by atoms with Crippen LogP contribution < -0.4 is 16.0 Å². The third-order valence-corrected chi connectivity index (χ3v) is 3.18. The molecule has 1 aromatic carbocycles. The molecule has 0 fully saturated rings. The predicted octanol–water partition coefficient (Wildman–Crippen LogP) is 2.84. The molecule has 21 heavy (non-hydrogen) atoms. The smallest absolute Gasteiger partial charge is 0.325 e. The highest BCUT2D eigenvalue weighted by atomic mass is 79.9. The summed E-state index contributed by atoms with van der Waals surface area (Å²) >= 11 is 6.22. The standard InChI is InChI=1S/C13H15Br2N3O3/c1-7(14)11(19)16-9-4-3-5-10(6-9)17-13(21)18-12(20)8(2)15/h3-8H,1-2H3,(H,16,19)(H2,17,18,20,21). The van der Waals surface area contributed by atoms with Gasteiger partial charge in [-0.2, -0.15) is 0 Å². The summed E-state index contributed by atoms with van der Waals surface area (Å²) in [5.74, 6) is -0.634. The van der Waals surface area contributed by atoms with Gasteiger partial charge >= 0.3 is 6.03 Å². The van der Waals surface area contributed by atoms with Gasteiger partial charge in [0.1, 0.15) is 0 Å². The van der Waals surface area contributed by atoms with Crippen molar-refractivity contribution in [2.75, 3.05) is 10.6 Å². The van der Waals surface area contributed by atoms with Crippen LogP contribution >= 0.6 is 31.9 Å². The van der Waals surface area contributed by atoms with Gasteiger partial charge in [-0.15, -0.1) is 0 Å². The van der Waals surface area contributed by atoms with Crippen molar-refractivity contribution < 1.29 is 14.4 Å². The lowest BCUT2D eigenvalue weighted by atomic mass is 10.2. The normalized spacial score (nSPS) is 13.0. The van der Waals surface area contributed by atoms with Gasteiger partial charge in [0.25, 0.3) is 0 Å². The molecule has 4 amide bonds. The molecule has 0 bridgehead atoms. The largest absolute Gasteiger partial charge is 0.325 e. The highest BCUT2D eigenvalue weighted by molar-refractivity contribution is 9.10. The molecule has 0 heterocycles. The van der Waals surface area contributed by atoms with Crippen LogP contribution in [0.25, 0.3) is 0 Å². The highest BCUT2D eigenvalue weighted by Crippen LogP contribution is 2.16. The minimum atomic E-state index is -0.636. The molecule has 0 aliphatic carbocycles. The Labute approximate surface area is 139 Å². The molecule has 6 nitrogen and oxygen atoms in total. The number of hydrogen-bond donors (Lipinski definition) is 3. The van der Waals surface area contributed by atoms with Gasteiger partial charge in [-0.3, -0.25) is 14.9 Å². The van der Waals surface area contributed by atoms with E-state index in [0.29, 0.717) is 11.4 Å². The molecule has 0 spiro atoms. The summed E-state index contributed by atoms with van der Waals surface area (Å²) in [4.78, 5) is 33.7. The number of carbonyl (C=O) groups is 3. The average molecular weight is 421 g/mol. The number of halogens is 2. The maximum atomic E-state index is 11.6. The van der Waals surface area contributed by atoms with Gasteiger partial charge < -0.3 is 10.6 Å². The van der Waals surface area contributed by atoms with E-state index in [-0.39, 0.29) is 10.7 Å². The Morgan fingerprint density at radius 2 is 1.48 bits per heavy atom. The van der Waals surface area contributed by atoms with Gasteiger partial charge in [-0.1, -0.05) is 37.9 Å². The zero-order valence-electron chi connectivity index (χ0n) is 11.4. The Balaban J connectivity index is 2.66. The van der Waals surface area contributed by atoms with Crippen LogP contribution in [0.2, 0.25) is 0 Å². The van der Waals surface area contributed by atoms with Crippen LogP contribution in [0, 0.1) is 0 Å². The van der Waals surface area contributed by atoms with Gasteiger partial charge in [-0.25, -0.2) is 4.79 Å². The van der Waals surface area contributed by atoms with Crippen LogP contribution in [0.1, 0.15) is 13.8 Å². The van der Waals surface area contributed by atoms with E-state index in [4.69, 9.17) is 0 Å². The molecule has 0 aliphatic heterocycles. The molecule has 1 rings (SSSR count). The van der Waals surface area contributed by atoms with Crippen LogP contribution in [0.5, 0.6) is 0 Å². The van der Waals surface area contributed by atoms with Crippen molar-refractivity contribution in [3.8, 4) is 0 Å². The molecule has 0 aromatic heterocycles. The second-order valence-corrected chi connectivity index (χ2v) is 6.99. The first-order valence-electron chi connectivity index (χ1n) is 6.10. The van der Waals surface area contributed by atoms with Crippen molar-refractivity contribution >= 4 is 61.1 Å². The fraction of sp³-hybridized carbons (Fsp3) is 0.308. The lowest BCUT2D eigenvalue weighted by molar-refractivity contribution is -0.119.